The monoisotopic (exact) mass is 295 g/mol. The molecule has 0 saturated carbocycles. The number of carbonyl (C=O) groups excluding carboxylic acids is 1. The average Bonchev–Trinajstić information content (AvgIpc) is 2.54. The van der Waals surface area contributed by atoms with E-state index < -0.39 is 0 Å². The summed E-state index contributed by atoms with van der Waals surface area (Å²) in [7, 11) is 0. The van der Waals surface area contributed by atoms with E-state index in [1.165, 1.54) is 31.3 Å². The maximum Gasteiger partial charge on any atom is 0.314 e. The first-order chi connectivity index (χ1) is 10.3. The van der Waals surface area contributed by atoms with E-state index in [9.17, 15) is 4.79 Å². The van der Waals surface area contributed by atoms with Crippen LogP contribution in [0.2, 0.25) is 0 Å². The molecule has 1 heterocycles. The Morgan fingerprint density at radius 2 is 2.00 bits per heavy atom. The highest BCUT2D eigenvalue weighted by atomic mass is 16.5. The van der Waals surface area contributed by atoms with Gasteiger partial charge < -0.3 is 15.4 Å². The highest BCUT2D eigenvalue weighted by Crippen LogP contribution is 2.19. The van der Waals surface area contributed by atoms with Crippen LogP contribution in [0.4, 0.5) is 4.79 Å². The summed E-state index contributed by atoms with van der Waals surface area (Å²) in [5.41, 5.74) is 1.51. The quantitative estimate of drug-likeness (QED) is 0.557. The Morgan fingerprint density at radius 3 is 2.76 bits per heavy atom. The predicted octanol–water partition coefficient (Wildman–Crippen LogP) is 1.90. The van der Waals surface area contributed by atoms with Crippen molar-refractivity contribution in [3.05, 3.63) is 11.6 Å². The van der Waals surface area contributed by atoms with Crippen LogP contribution < -0.4 is 10.6 Å². The summed E-state index contributed by atoms with van der Waals surface area (Å²) < 4.78 is 5.31. The number of hydrogen-bond donors (Lipinski definition) is 2. The topological polar surface area (TPSA) is 53.6 Å². The molecule has 5 nitrogen and oxygen atoms in total. The van der Waals surface area contributed by atoms with Gasteiger partial charge in [-0.3, -0.25) is 4.90 Å². The summed E-state index contributed by atoms with van der Waals surface area (Å²) >= 11 is 0. The molecule has 1 saturated heterocycles. The average molecular weight is 295 g/mol. The van der Waals surface area contributed by atoms with Gasteiger partial charge in [-0.1, -0.05) is 11.6 Å². The SMILES string of the molecule is O=C(NCCCN1CCOCC1)NCCC1=CCCCC1. The minimum absolute atomic E-state index is 0.0339. The molecule has 0 aromatic rings. The first-order valence-electron chi connectivity index (χ1n) is 8.34. The van der Waals surface area contributed by atoms with Crippen molar-refractivity contribution in [1.82, 2.24) is 15.5 Å². The molecule has 0 unspecified atom stereocenters. The number of nitrogens with one attached hydrogen (secondary N) is 2. The number of nitrogens with zero attached hydrogens (tertiary/aromatic N) is 1. The van der Waals surface area contributed by atoms with Gasteiger partial charge in [-0.2, -0.15) is 0 Å². The van der Waals surface area contributed by atoms with E-state index in [4.69, 9.17) is 4.74 Å². The minimum atomic E-state index is -0.0339. The molecule has 2 rings (SSSR count). The van der Waals surface area contributed by atoms with Gasteiger partial charge in [0.2, 0.25) is 0 Å². The van der Waals surface area contributed by atoms with Crippen LogP contribution in [0.1, 0.15) is 38.5 Å². The van der Waals surface area contributed by atoms with E-state index >= 15 is 0 Å². The van der Waals surface area contributed by atoms with Crippen molar-refractivity contribution < 1.29 is 9.53 Å². The molecule has 1 aliphatic heterocycles. The fraction of sp³-hybridized carbons (Fsp3) is 0.812. The maximum absolute atomic E-state index is 11.7. The highest BCUT2D eigenvalue weighted by molar-refractivity contribution is 5.73. The van der Waals surface area contributed by atoms with Gasteiger partial charge in [-0.05, 0) is 45.1 Å². The van der Waals surface area contributed by atoms with Gasteiger partial charge in [-0.25, -0.2) is 4.79 Å². The minimum Gasteiger partial charge on any atom is -0.379 e. The summed E-state index contributed by atoms with van der Waals surface area (Å²) in [5.74, 6) is 0. The van der Waals surface area contributed by atoms with Gasteiger partial charge in [0.1, 0.15) is 0 Å². The third kappa shape index (κ3) is 6.96. The second kappa shape index (κ2) is 9.79. The molecule has 0 radical (unpaired) electrons. The van der Waals surface area contributed by atoms with Crippen molar-refractivity contribution in [3.8, 4) is 0 Å². The third-order valence-electron chi connectivity index (χ3n) is 4.16. The van der Waals surface area contributed by atoms with E-state index in [-0.39, 0.29) is 6.03 Å². The zero-order valence-corrected chi connectivity index (χ0v) is 13.0. The van der Waals surface area contributed by atoms with E-state index in [0.717, 1.165) is 58.8 Å². The maximum atomic E-state index is 11.7. The first-order valence-corrected chi connectivity index (χ1v) is 8.34. The standard InChI is InChI=1S/C16H29N3O2/c20-16(18-9-7-15-5-2-1-3-6-15)17-8-4-10-19-11-13-21-14-12-19/h5H,1-4,6-14H2,(H2,17,18,20). The summed E-state index contributed by atoms with van der Waals surface area (Å²) in [6.45, 7) is 6.24. The molecule has 2 aliphatic rings. The number of carbonyl (C=O) groups is 1. The zero-order chi connectivity index (χ0) is 14.8. The molecular formula is C16H29N3O2. The molecule has 1 aliphatic carbocycles. The van der Waals surface area contributed by atoms with Gasteiger partial charge in [-0.15, -0.1) is 0 Å². The van der Waals surface area contributed by atoms with Gasteiger partial charge in [0.15, 0.2) is 0 Å². The van der Waals surface area contributed by atoms with Crippen LogP contribution in [0.5, 0.6) is 0 Å². The van der Waals surface area contributed by atoms with Crippen molar-refractivity contribution >= 4 is 6.03 Å². The van der Waals surface area contributed by atoms with Gasteiger partial charge in [0.25, 0.3) is 0 Å². The third-order valence-corrected chi connectivity index (χ3v) is 4.16. The van der Waals surface area contributed by atoms with Gasteiger partial charge >= 0.3 is 6.03 Å². The summed E-state index contributed by atoms with van der Waals surface area (Å²) in [6, 6.07) is -0.0339. The van der Waals surface area contributed by atoms with Crippen molar-refractivity contribution in [2.24, 2.45) is 0 Å². The molecule has 2 amide bonds. The van der Waals surface area contributed by atoms with Crippen LogP contribution in [0.15, 0.2) is 11.6 Å². The van der Waals surface area contributed by atoms with E-state index in [2.05, 4.69) is 21.6 Å². The smallest absolute Gasteiger partial charge is 0.314 e. The van der Waals surface area contributed by atoms with Gasteiger partial charge in [0.05, 0.1) is 13.2 Å². The zero-order valence-electron chi connectivity index (χ0n) is 13.0. The van der Waals surface area contributed by atoms with Crippen molar-refractivity contribution in [1.29, 1.82) is 0 Å². The Labute approximate surface area is 128 Å². The molecule has 21 heavy (non-hydrogen) atoms. The van der Waals surface area contributed by atoms with Crippen LogP contribution in [0, 0.1) is 0 Å². The molecule has 0 bridgehead atoms. The fourth-order valence-electron chi connectivity index (χ4n) is 2.86. The lowest BCUT2D eigenvalue weighted by Crippen LogP contribution is -2.40. The Bertz CT molecular complexity index is 338. The number of amides is 2. The molecular weight excluding hydrogens is 266 g/mol. The molecule has 1 fully saturated rings. The lowest BCUT2D eigenvalue weighted by Gasteiger charge is -2.26. The number of ether oxygens (including phenoxy) is 1. The van der Waals surface area contributed by atoms with Crippen molar-refractivity contribution in [2.45, 2.75) is 38.5 Å². The summed E-state index contributed by atoms with van der Waals surface area (Å²) in [4.78, 5) is 14.0. The van der Waals surface area contributed by atoms with E-state index in [1.807, 2.05) is 0 Å². The molecule has 0 spiro atoms. The largest absolute Gasteiger partial charge is 0.379 e. The predicted molar refractivity (Wildman–Crippen MR) is 84.4 cm³/mol. The second-order valence-corrected chi connectivity index (χ2v) is 5.85. The van der Waals surface area contributed by atoms with Crippen LogP contribution in [-0.4, -0.2) is 56.9 Å². The summed E-state index contributed by atoms with van der Waals surface area (Å²) in [6.07, 6.45) is 9.39. The number of hydrogen-bond acceptors (Lipinski definition) is 3. The van der Waals surface area contributed by atoms with Gasteiger partial charge in [0, 0.05) is 26.2 Å². The van der Waals surface area contributed by atoms with E-state index in [0.29, 0.717) is 0 Å². The second-order valence-electron chi connectivity index (χ2n) is 5.85. The molecule has 5 heteroatoms. The summed E-state index contributed by atoms with van der Waals surface area (Å²) in [5, 5.41) is 5.88. The molecule has 0 aromatic heterocycles. The number of allylic oxidation sites excluding steroid dienone is 1. The molecule has 0 aromatic carbocycles. The lowest BCUT2D eigenvalue weighted by molar-refractivity contribution is 0.0375. The van der Waals surface area contributed by atoms with Crippen molar-refractivity contribution in [3.63, 3.8) is 0 Å². The number of rotatable bonds is 7. The fourth-order valence-corrected chi connectivity index (χ4v) is 2.86. The molecule has 0 atom stereocenters. The van der Waals surface area contributed by atoms with Crippen LogP contribution in [0.25, 0.3) is 0 Å². The Morgan fingerprint density at radius 1 is 1.19 bits per heavy atom. The lowest BCUT2D eigenvalue weighted by atomic mass is 9.97. The number of morpholine rings is 1. The van der Waals surface area contributed by atoms with Crippen molar-refractivity contribution in [2.75, 3.05) is 45.9 Å². The molecule has 2 N–H and O–H groups in total. The number of urea groups is 1. The molecule has 120 valence electrons. The Balaban J connectivity index is 1.44. The normalized spacial score (nSPS) is 19.9. The Kier molecular flexibility index (Phi) is 7.60. The first kappa shape index (κ1) is 16.3. The highest BCUT2D eigenvalue weighted by Gasteiger charge is 2.09. The van der Waals surface area contributed by atoms with E-state index in [1.54, 1.807) is 0 Å². The van der Waals surface area contributed by atoms with Crippen LogP contribution >= 0.6 is 0 Å². The van der Waals surface area contributed by atoms with Crippen LogP contribution in [0.3, 0.4) is 0 Å². The van der Waals surface area contributed by atoms with Crippen LogP contribution in [-0.2, 0) is 4.74 Å². The Hall–Kier alpha value is -1.07.